The van der Waals surface area contributed by atoms with Crippen LogP contribution in [0.15, 0.2) is 82.7 Å². The van der Waals surface area contributed by atoms with Crippen molar-refractivity contribution in [1.82, 2.24) is 19.2 Å². The first-order chi connectivity index (χ1) is 26.5. The van der Waals surface area contributed by atoms with Crippen molar-refractivity contribution in [3.63, 3.8) is 0 Å². The summed E-state index contributed by atoms with van der Waals surface area (Å²) in [5.41, 5.74) is 3.74. The summed E-state index contributed by atoms with van der Waals surface area (Å²) in [6.45, 7) is 5.38. The van der Waals surface area contributed by atoms with Crippen molar-refractivity contribution in [3.05, 3.63) is 117 Å². The number of carbonyl (C=O) groups is 1. The molecule has 2 aromatic heterocycles. The van der Waals surface area contributed by atoms with Gasteiger partial charge in [-0.3, -0.25) is 13.5 Å². The molecule has 0 N–H and O–H groups in total. The fourth-order valence-electron chi connectivity index (χ4n) is 7.15. The van der Waals surface area contributed by atoms with Gasteiger partial charge in [-0.25, -0.2) is 13.7 Å². The van der Waals surface area contributed by atoms with Crippen LogP contribution in [0.1, 0.15) is 86.4 Å². The minimum Gasteiger partial charge on any atom is -0.464 e. The van der Waals surface area contributed by atoms with Crippen LogP contribution in [0.4, 0.5) is 4.39 Å². The van der Waals surface area contributed by atoms with E-state index in [1.54, 1.807) is 64.5 Å². The quantitative estimate of drug-likeness (QED) is 0.0835. The lowest BCUT2D eigenvalue weighted by atomic mass is 9.92. The summed E-state index contributed by atoms with van der Waals surface area (Å²) in [6, 6.07) is 20.0. The van der Waals surface area contributed by atoms with Crippen molar-refractivity contribution in [2.24, 2.45) is 0 Å². The van der Waals surface area contributed by atoms with E-state index in [1.807, 2.05) is 13.8 Å². The van der Waals surface area contributed by atoms with Gasteiger partial charge in [0.25, 0.3) is 15.7 Å². The minimum atomic E-state index is -4.03. The molecule has 288 valence electrons. The van der Waals surface area contributed by atoms with Crippen molar-refractivity contribution in [2.75, 3.05) is 13.2 Å². The Bertz CT molecular complexity index is 2360. The molecule has 1 aliphatic rings. The zero-order chi connectivity index (χ0) is 39.1. The van der Waals surface area contributed by atoms with Gasteiger partial charge in [-0.05, 0) is 86.9 Å². The molecule has 1 atom stereocenters. The van der Waals surface area contributed by atoms with Gasteiger partial charge in [-0.1, -0.05) is 61.4 Å². The minimum absolute atomic E-state index is 0.0224. The van der Waals surface area contributed by atoms with Crippen molar-refractivity contribution in [2.45, 2.75) is 95.3 Å². The predicted octanol–water partition coefficient (Wildman–Crippen LogP) is 6.65. The van der Waals surface area contributed by atoms with Crippen LogP contribution in [0.25, 0.3) is 16.9 Å². The molecule has 1 saturated carbocycles. The Morgan fingerprint density at radius 3 is 2.49 bits per heavy atom. The SMILES string of the molecule is CCCc1c(Cc2ccc(-c3ccccc3C#N)cc2F)c(=O)n(C2CCC(OC(CCOS(=O)(=O)c3ccc(C)cc3)C(=O)OCC)CC2)c2ncnn12. The van der Waals surface area contributed by atoms with Gasteiger partial charge in [0.15, 0.2) is 6.10 Å². The number of rotatable bonds is 15. The lowest BCUT2D eigenvalue weighted by molar-refractivity contribution is -0.163. The van der Waals surface area contributed by atoms with Crippen molar-refractivity contribution in [1.29, 1.82) is 5.26 Å². The molecular formula is C41H44FN5O7S. The van der Waals surface area contributed by atoms with Crippen LogP contribution >= 0.6 is 0 Å². The maximum Gasteiger partial charge on any atom is 0.335 e. The molecule has 5 aromatic rings. The number of fused-ring (bicyclic) bond motifs is 1. The summed E-state index contributed by atoms with van der Waals surface area (Å²) in [5, 5.41) is 14.0. The van der Waals surface area contributed by atoms with Gasteiger partial charge in [-0.15, -0.1) is 0 Å². The molecule has 1 aliphatic carbocycles. The van der Waals surface area contributed by atoms with Crippen LogP contribution < -0.4 is 5.56 Å². The Kier molecular flexibility index (Phi) is 12.5. The van der Waals surface area contributed by atoms with E-state index in [-0.39, 0.29) is 48.7 Å². The highest BCUT2D eigenvalue weighted by molar-refractivity contribution is 7.86. The maximum absolute atomic E-state index is 15.8. The molecule has 1 fully saturated rings. The molecule has 0 spiro atoms. The third kappa shape index (κ3) is 8.85. The van der Waals surface area contributed by atoms with Gasteiger partial charge in [0.1, 0.15) is 12.1 Å². The fourth-order valence-corrected chi connectivity index (χ4v) is 8.07. The average molecular weight is 770 g/mol. The number of esters is 1. The molecule has 0 aliphatic heterocycles. The van der Waals surface area contributed by atoms with Gasteiger partial charge >= 0.3 is 5.97 Å². The molecule has 14 heteroatoms. The monoisotopic (exact) mass is 769 g/mol. The second kappa shape index (κ2) is 17.5. The van der Waals surface area contributed by atoms with Gasteiger partial charge < -0.3 is 9.47 Å². The number of nitriles is 1. The Morgan fingerprint density at radius 2 is 1.80 bits per heavy atom. The Balaban J connectivity index is 1.19. The summed E-state index contributed by atoms with van der Waals surface area (Å²) in [6.07, 6.45) is 3.32. The average Bonchev–Trinajstić information content (AvgIpc) is 3.66. The summed E-state index contributed by atoms with van der Waals surface area (Å²) in [7, 11) is -4.03. The second-order valence-corrected chi connectivity index (χ2v) is 15.3. The largest absolute Gasteiger partial charge is 0.464 e. The van der Waals surface area contributed by atoms with Crippen LogP contribution in [0.5, 0.6) is 0 Å². The first kappa shape index (κ1) is 39.5. The summed E-state index contributed by atoms with van der Waals surface area (Å²) < 4.78 is 61.3. The molecule has 55 heavy (non-hydrogen) atoms. The molecule has 1 unspecified atom stereocenters. The Labute approximate surface area is 319 Å². The van der Waals surface area contributed by atoms with Crippen LogP contribution in [-0.2, 0) is 41.4 Å². The number of hydrogen-bond donors (Lipinski definition) is 0. The van der Waals surface area contributed by atoms with Crippen LogP contribution in [0, 0.1) is 24.1 Å². The molecule has 12 nitrogen and oxygen atoms in total. The van der Waals surface area contributed by atoms with E-state index in [9.17, 15) is 23.3 Å². The lowest BCUT2D eigenvalue weighted by Gasteiger charge is -2.32. The number of hydrogen-bond acceptors (Lipinski definition) is 10. The van der Waals surface area contributed by atoms with Gasteiger partial charge in [-0.2, -0.15) is 23.8 Å². The van der Waals surface area contributed by atoms with E-state index in [0.717, 1.165) is 12.0 Å². The fraction of sp³-hybridized carbons (Fsp3) is 0.390. The highest BCUT2D eigenvalue weighted by Crippen LogP contribution is 2.32. The van der Waals surface area contributed by atoms with E-state index in [1.165, 1.54) is 24.5 Å². The van der Waals surface area contributed by atoms with E-state index in [4.69, 9.17) is 13.7 Å². The molecule has 2 heterocycles. The standard InChI is InChI=1S/C41H44FN5O7S/c1-4-8-37-35(23-29-14-13-28(24-36(29)42)34-10-7-6-9-30(34)25-43)39(48)46(41-44-26-45-47(37)41)31-15-17-32(18-16-31)54-38(40(49)52-5-2)21-22-53-55(50,51)33-19-11-27(3)12-20-33/h6-7,9-14,19-20,24,26,31-32,38H,4-5,8,15-18,21-23H2,1-3H3. The third-order valence-corrected chi connectivity index (χ3v) is 11.3. The third-order valence-electron chi connectivity index (χ3n) is 9.94. The zero-order valence-corrected chi connectivity index (χ0v) is 31.9. The number of aryl methyl sites for hydroxylation is 2. The number of halogens is 1. The van der Waals surface area contributed by atoms with E-state index >= 15 is 4.39 Å². The zero-order valence-electron chi connectivity index (χ0n) is 31.1. The Morgan fingerprint density at radius 1 is 1.05 bits per heavy atom. The van der Waals surface area contributed by atoms with Crippen LogP contribution in [0.3, 0.4) is 0 Å². The number of aromatic nitrogens is 4. The summed E-state index contributed by atoms with van der Waals surface area (Å²) in [4.78, 5) is 31.9. The number of carbonyl (C=O) groups excluding carboxylic acids is 1. The molecule has 3 aromatic carbocycles. The summed E-state index contributed by atoms with van der Waals surface area (Å²) in [5.74, 6) is -0.681. The highest BCUT2D eigenvalue weighted by atomic mass is 32.2. The molecule has 0 radical (unpaired) electrons. The summed E-state index contributed by atoms with van der Waals surface area (Å²) >= 11 is 0. The Hall–Kier alpha value is -5.23. The molecule has 0 bridgehead atoms. The van der Waals surface area contributed by atoms with Crippen LogP contribution in [0.2, 0.25) is 0 Å². The molecule has 6 rings (SSSR count). The number of ether oxygens (including phenoxy) is 2. The first-order valence-electron chi connectivity index (χ1n) is 18.6. The lowest BCUT2D eigenvalue weighted by Crippen LogP contribution is -2.37. The highest BCUT2D eigenvalue weighted by Gasteiger charge is 2.32. The van der Waals surface area contributed by atoms with E-state index in [0.29, 0.717) is 71.4 Å². The molecule has 0 amide bonds. The van der Waals surface area contributed by atoms with Crippen LogP contribution in [-0.4, -0.2) is 59.0 Å². The smallest absolute Gasteiger partial charge is 0.335 e. The van der Waals surface area contributed by atoms with Crippen molar-refractivity contribution in [3.8, 4) is 17.2 Å². The van der Waals surface area contributed by atoms with Gasteiger partial charge in [0, 0.05) is 24.4 Å². The van der Waals surface area contributed by atoms with E-state index in [2.05, 4.69) is 16.2 Å². The normalized spacial score (nSPS) is 16.5. The maximum atomic E-state index is 15.8. The number of nitrogens with zero attached hydrogens (tertiary/aromatic N) is 5. The van der Waals surface area contributed by atoms with Gasteiger partial charge in [0.05, 0.1) is 41.5 Å². The van der Waals surface area contributed by atoms with Crippen molar-refractivity contribution < 1.29 is 31.3 Å². The molecule has 0 saturated heterocycles. The second-order valence-electron chi connectivity index (χ2n) is 13.6. The predicted molar refractivity (Wildman–Crippen MR) is 202 cm³/mol. The number of benzene rings is 3. The topological polar surface area (TPSA) is 155 Å². The first-order valence-corrected chi connectivity index (χ1v) is 20.0. The van der Waals surface area contributed by atoms with Gasteiger partial charge in [0.2, 0.25) is 5.78 Å². The van der Waals surface area contributed by atoms with Crippen molar-refractivity contribution >= 4 is 21.9 Å². The molecular weight excluding hydrogens is 726 g/mol. The van der Waals surface area contributed by atoms with E-state index < -0.39 is 28.0 Å².